The minimum atomic E-state index is 0.409. The first kappa shape index (κ1) is 15.7. The number of anilines is 1. The van der Waals surface area contributed by atoms with E-state index in [4.69, 9.17) is 33.8 Å². The highest BCUT2D eigenvalue weighted by molar-refractivity contribution is 7.80. The van der Waals surface area contributed by atoms with E-state index >= 15 is 0 Å². The molecule has 102 valence electrons. The van der Waals surface area contributed by atoms with Gasteiger partial charge in [0.2, 0.25) is 0 Å². The van der Waals surface area contributed by atoms with Crippen LogP contribution in [-0.2, 0) is 4.74 Å². The topological polar surface area (TPSA) is 57.1 Å². The van der Waals surface area contributed by atoms with Crippen LogP contribution < -0.4 is 10.6 Å². The summed E-state index contributed by atoms with van der Waals surface area (Å²) in [6, 6.07) is 7.10. The Bertz CT molecular complexity index is 473. The van der Waals surface area contributed by atoms with Crippen molar-refractivity contribution in [2.45, 2.75) is 13.3 Å². The maximum Gasteiger partial charge on any atom is 0.170 e. The number of halogens is 1. The maximum atomic E-state index is 8.77. The SMILES string of the molecule is CCOCCCNC(=S)Nc1ccc(C#N)c(Cl)c1. The molecule has 2 N–H and O–H groups in total. The van der Waals surface area contributed by atoms with Crippen molar-refractivity contribution in [2.75, 3.05) is 25.1 Å². The second-order valence-electron chi connectivity index (χ2n) is 3.74. The molecule has 19 heavy (non-hydrogen) atoms. The van der Waals surface area contributed by atoms with E-state index in [1.54, 1.807) is 18.2 Å². The Morgan fingerprint density at radius 3 is 2.95 bits per heavy atom. The minimum absolute atomic E-state index is 0.409. The van der Waals surface area contributed by atoms with Crippen LogP contribution in [0.25, 0.3) is 0 Å². The summed E-state index contributed by atoms with van der Waals surface area (Å²) in [6.07, 6.45) is 0.893. The lowest BCUT2D eigenvalue weighted by molar-refractivity contribution is 0.146. The molecule has 4 nitrogen and oxygen atoms in total. The van der Waals surface area contributed by atoms with Gasteiger partial charge in [0, 0.05) is 25.4 Å². The Morgan fingerprint density at radius 2 is 2.32 bits per heavy atom. The first-order chi connectivity index (χ1) is 9.17. The fraction of sp³-hybridized carbons (Fsp3) is 0.385. The number of ether oxygens (including phenoxy) is 1. The Balaban J connectivity index is 2.36. The molecule has 6 heteroatoms. The molecular weight excluding hydrogens is 282 g/mol. The number of nitrogens with one attached hydrogen (secondary N) is 2. The second kappa shape index (κ2) is 8.70. The molecule has 0 aliphatic heterocycles. The van der Waals surface area contributed by atoms with E-state index in [1.165, 1.54) is 0 Å². The van der Waals surface area contributed by atoms with E-state index in [1.807, 2.05) is 13.0 Å². The quantitative estimate of drug-likeness (QED) is 0.624. The molecule has 1 rings (SSSR count). The highest BCUT2D eigenvalue weighted by atomic mass is 35.5. The van der Waals surface area contributed by atoms with Gasteiger partial charge in [0.15, 0.2) is 5.11 Å². The lowest BCUT2D eigenvalue weighted by atomic mass is 10.2. The lowest BCUT2D eigenvalue weighted by Crippen LogP contribution is -2.29. The molecule has 0 heterocycles. The third-order valence-corrected chi connectivity index (χ3v) is 2.86. The van der Waals surface area contributed by atoms with E-state index in [0.29, 0.717) is 15.7 Å². The van der Waals surface area contributed by atoms with E-state index < -0.39 is 0 Å². The van der Waals surface area contributed by atoms with Gasteiger partial charge in [-0.3, -0.25) is 0 Å². The van der Waals surface area contributed by atoms with Gasteiger partial charge in [0.1, 0.15) is 6.07 Å². The lowest BCUT2D eigenvalue weighted by Gasteiger charge is -2.11. The van der Waals surface area contributed by atoms with Gasteiger partial charge in [-0.25, -0.2) is 0 Å². The number of rotatable bonds is 6. The van der Waals surface area contributed by atoms with Crippen molar-refractivity contribution in [3.8, 4) is 6.07 Å². The van der Waals surface area contributed by atoms with Crippen LogP contribution >= 0.6 is 23.8 Å². The Labute approximate surface area is 123 Å². The van der Waals surface area contributed by atoms with Crippen LogP contribution in [0.1, 0.15) is 18.9 Å². The van der Waals surface area contributed by atoms with Crippen LogP contribution in [0.15, 0.2) is 18.2 Å². The third-order valence-electron chi connectivity index (χ3n) is 2.30. The van der Waals surface area contributed by atoms with E-state index in [9.17, 15) is 0 Å². The molecule has 0 spiro atoms. The molecular formula is C13H16ClN3OS. The minimum Gasteiger partial charge on any atom is -0.382 e. The van der Waals surface area contributed by atoms with E-state index in [0.717, 1.165) is 31.9 Å². The number of hydrogen-bond donors (Lipinski definition) is 2. The molecule has 1 aromatic rings. The summed E-state index contributed by atoms with van der Waals surface area (Å²) >= 11 is 11.1. The first-order valence-electron chi connectivity index (χ1n) is 5.99. The third kappa shape index (κ3) is 5.88. The fourth-order valence-corrected chi connectivity index (χ4v) is 1.82. The van der Waals surface area contributed by atoms with Crippen LogP contribution in [0.3, 0.4) is 0 Å². The zero-order chi connectivity index (χ0) is 14.1. The molecule has 0 atom stereocenters. The van der Waals surface area contributed by atoms with E-state index in [-0.39, 0.29) is 0 Å². The zero-order valence-electron chi connectivity index (χ0n) is 10.7. The van der Waals surface area contributed by atoms with Gasteiger partial charge in [0.25, 0.3) is 0 Å². The monoisotopic (exact) mass is 297 g/mol. The smallest absolute Gasteiger partial charge is 0.170 e. The number of benzene rings is 1. The highest BCUT2D eigenvalue weighted by Crippen LogP contribution is 2.19. The van der Waals surface area contributed by atoms with Gasteiger partial charge >= 0.3 is 0 Å². The zero-order valence-corrected chi connectivity index (χ0v) is 12.3. The largest absolute Gasteiger partial charge is 0.382 e. The Morgan fingerprint density at radius 1 is 1.53 bits per heavy atom. The fourth-order valence-electron chi connectivity index (χ4n) is 1.38. The molecule has 0 radical (unpaired) electrons. The summed E-state index contributed by atoms with van der Waals surface area (Å²) in [5.41, 5.74) is 1.20. The van der Waals surface area contributed by atoms with Crippen LogP contribution in [0.5, 0.6) is 0 Å². The summed E-state index contributed by atoms with van der Waals surface area (Å²) in [7, 11) is 0. The normalized spacial score (nSPS) is 9.74. The van der Waals surface area contributed by atoms with Crippen molar-refractivity contribution in [2.24, 2.45) is 0 Å². The average molecular weight is 298 g/mol. The molecule has 0 unspecified atom stereocenters. The van der Waals surface area contributed by atoms with Gasteiger partial charge in [-0.1, -0.05) is 11.6 Å². The van der Waals surface area contributed by atoms with E-state index in [2.05, 4.69) is 10.6 Å². The van der Waals surface area contributed by atoms with Gasteiger partial charge in [-0.2, -0.15) is 5.26 Å². The summed E-state index contributed by atoms with van der Waals surface area (Å²) < 4.78 is 5.22. The molecule has 0 aromatic heterocycles. The van der Waals surface area contributed by atoms with Crippen molar-refractivity contribution < 1.29 is 4.74 Å². The van der Waals surface area contributed by atoms with Gasteiger partial charge in [-0.05, 0) is 43.8 Å². The molecule has 0 aliphatic carbocycles. The molecule has 0 aliphatic rings. The molecule has 0 bridgehead atoms. The number of thiocarbonyl (C=S) groups is 1. The van der Waals surface area contributed by atoms with Crippen LogP contribution in [0.2, 0.25) is 5.02 Å². The van der Waals surface area contributed by atoms with Crippen LogP contribution in [0.4, 0.5) is 5.69 Å². The molecule has 1 aromatic carbocycles. The highest BCUT2D eigenvalue weighted by Gasteiger charge is 2.02. The van der Waals surface area contributed by atoms with Gasteiger partial charge < -0.3 is 15.4 Å². The molecule has 0 saturated heterocycles. The van der Waals surface area contributed by atoms with Gasteiger partial charge in [-0.15, -0.1) is 0 Å². The number of nitrogens with zero attached hydrogens (tertiary/aromatic N) is 1. The molecule has 0 saturated carbocycles. The summed E-state index contributed by atoms with van der Waals surface area (Å²) in [5, 5.41) is 15.8. The molecule has 0 fully saturated rings. The van der Waals surface area contributed by atoms with Crippen molar-refractivity contribution in [3.05, 3.63) is 28.8 Å². The van der Waals surface area contributed by atoms with Crippen molar-refractivity contribution in [1.29, 1.82) is 5.26 Å². The molecule has 0 amide bonds. The predicted molar refractivity (Wildman–Crippen MR) is 81.5 cm³/mol. The Kier molecular flexibility index (Phi) is 7.19. The Hall–Kier alpha value is -1.35. The average Bonchev–Trinajstić information content (AvgIpc) is 2.39. The van der Waals surface area contributed by atoms with Crippen LogP contribution in [0, 0.1) is 11.3 Å². The second-order valence-corrected chi connectivity index (χ2v) is 4.55. The first-order valence-corrected chi connectivity index (χ1v) is 6.78. The number of hydrogen-bond acceptors (Lipinski definition) is 3. The van der Waals surface area contributed by atoms with Crippen LogP contribution in [-0.4, -0.2) is 24.9 Å². The van der Waals surface area contributed by atoms with Crippen molar-refractivity contribution >= 4 is 34.6 Å². The summed E-state index contributed by atoms with van der Waals surface area (Å²) in [4.78, 5) is 0. The summed E-state index contributed by atoms with van der Waals surface area (Å²) in [6.45, 7) is 4.16. The number of nitriles is 1. The standard InChI is InChI=1S/C13H16ClN3OS/c1-2-18-7-3-6-16-13(19)17-11-5-4-10(9-15)12(14)8-11/h4-5,8H,2-3,6-7H2,1H3,(H2,16,17,19). The van der Waals surface area contributed by atoms with Crippen molar-refractivity contribution in [3.63, 3.8) is 0 Å². The van der Waals surface area contributed by atoms with Gasteiger partial charge in [0.05, 0.1) is 10.6 Å². The van der Waals surface area contributed by atoms with Crippen molar-refractivity contribution in [1.82, 2.24) is 5.32 Å². The summed E-state index contributed by atoms with van der Waals surface area (Å²) in [5.74, 6) is 0. The predicted octanol–water partition coefficient (Wildman–Crippen LogP) is 2.92. The maximum absolute atomic E-state index is 8.77.